The van der Waals surface area contributed by atoms with Crippen LogP contribution in [0.4, 0.5) is 0 Å². The van der Waals surface area contributed by atoms with Crippen molar-refractivity contribution in [3.05, 3.63) is 64.6 Å². The average Bonchev–Trinajstić information content (AvgIpc) is 2.46. The molecule has 3 rings (SSSR count). The number of aromatic nitrogens is 1. The number of benzene rings is 2. The number of fused-ring (bicyclic) bond motifs is 1. The predicted octanol–water partition coefficient (Wildman–Crippen LogP) is 5.04. The molecule has 0 radical (unpaired) electrons. The maximum Gasteiger partial charge on any atom is 0.253 e. The number of halogens is 2. The number of nitrogens with zero attached hydrogens (tertiary/aromatic N) is 1. The number of pyridine rings is 1. The van der Waals surface area contributed by atoms with Gasteiger partial charge >= 0.3 is 0 Å². The molecule has 0 aliphatic rings. The molecule has 20 heavy (non-hydrogen) atoms. The fourth-order valence-electron chi connectivity index (χ4n) is 2.12. The van der Waals surface area contributed by atoms with E-state index in [1.807, 2.05) is 48.5 Å². The van der Waals surface area contributed by atoms with Gasteiger partial charge in [-0.2, -0.15) is 0 Å². The second-order valence-corrected chi connectivity index (χ2v) is 5.62. The summed E-state index contributed by atoms with van der Waals surface area (Å²) in [4.78, 5) is 16.3. The van der Waals surface area contributed by atoms with Gasteiger partial charge < -0.3 is 0 Å². The Kier molecular flexibility index (Phi) is 3.55. The molecule has 0 saturated heterocycles. The summed E-state index contributed by atoms with van der Waals surface area (Å²) in [7, 11) is 0. The summed E-state index contributed by atoms with van der Waals surface area (Å²) in [5.41, 5.74) is 2.90. The lowest BCUT2D eigenvalue weighted by atomic mass is 10.0. The lowest BCUT2D eigenvalue weighted by Crippen LogP contribution is -1.95. The van der Waals surface area contributed by atoms with Gasteiger partial charge in [-0.05, 0) is 29.8 Å². The van der Waals surface area contributed by atoms with Crippen molar-refractivity contribution >= 4 is 43.7 Å². The van der Waals surface area contributed by atoms with Crippen molar-refractivity contribution in [2.75, 3.05) is 0 Å². The van der Waals surface area contributed by atoms with Gasteiger partial charge in [-0.1, -0.05) is 52.3 Å². The second-order valence-electron chi connectivity index (χ2n) is 4.36. The molecule has 0 saturated carbocycles. The molecule has 0 amide bonds. The molecule has 98 valence electrons. The highest BCUT2D eigenvalue weighted by molar-refractivity contribution is 9.10. The highest BCUT2D eigenvalue weighted by Gasteiger charge is 2.12. The molecule has 0 aliphatic carbocycles. The van der Waals surface area contributed by atoms with Crippen LogP contribution in [0.2, 0.25) is 0 Å². The van der Waals surface area contributed by atoms with Crippen LogP contribution >= 0.6 is 27.5 Å². The van der Waals surface area contributed by atoms with E-state index >= 15 is 0 Å². The number of hydrogen-bond acceptors (Lipinski definition) is 2. The van der Waals surface area contributed by atoms with E-state index in [0.29, 0.717) is 5.56 Å². The molecule has 0 N–H and O–H groups in total. The van der Waals surface area contributed by atoms with Gasteiger partial charge in [0.05, 0.1) is 11.2 Å². The van der Waals surface area contributed by atoms with Gasteiger partial charge in [0.1, 0.15) is 0 Å². The van der Waals surface area contributed by atoms with Gasteiger partial charge in [0.25, 0.3) is 5.24 Å². The molecule has 0 spiro atoms. The number of hydrogen-bond donors (Lipinski definition) is 0. The van der Waals surface area contributed by atoms with E-state index in [9.17, 15) is 4.79 Å². The minimum Gasteiger partial charge on any atom is -0.276 e. The molecule has 0 bridgehead atoms. The number of carbonyl (C=O) groups is 1. The van der Waals surface area contributed by atoms with Crippen LogP contribution in [0.1, 0.15) is 10.4 Å². The van der Waals surface area contributed by atoms with Crippen LogP contribution in [0.3, 0.4) is 0 Å². The summed E-state index contributed by atoms with van der Waals surface area (Å²) in [6.07, 6.45) is 0. The molecular formula is C16H9BrClNO. The normalized spacial score (nSPS) is 10.7. The van der Waals surface area contributed by atoms with Crippen LogP contribution < -0.4 is 0 Å². The summed E-state index contributed by atoms with van der Waals surface area (Å²) in [5.74, 6) is 0. The van der Waals surface area contributed by atoms with Gasteiger partial charge in [0.2, 0.25) is 0 Å². The summed E-state index contributed by atoms with van der Waals surface area (Å²) in [6.45, 7) is 0. The van der Waals surface area contributed by atoms with Crippen LogP contribution in [0, 0.1) is 0 Å². The van der Waals surface area contributed by atoms with Crippen LogP contribution in [0.5, 0.6) is 0 Å². The minimum atomic E-state index is -0.475. The lowest BCUT2D eigenvalue weighted by molar-refractivity contribution is 0.108. The number of rotatable bonds is 2. The summed E-state index contributed by atoms with van der Waals surface area (Å²) in [5, 5.41) is 0.282. The predicted molar refractivity (Wildman–Crippen MR) is 85.1 cm³/mol. The second kappa shape index (κ2) is 5.35. The van der Waals surface area contributed by atoms with Crippen LogP contribution in [-0.2, 0) is 0 Å². The maximum atomic E-state index is 11.7. The summed E-state index contributed by atoms with van der Waals surface area (Å²) < 4.78 is 0.913. The monoisotopic (exact) mass is 345 g/mol. The van der Waals surface area contributed by atoms with E-state index in [1.165, 1.54) is 0 Å². The van der Waals surface area contributed by atoms with E-state index in [0.717, 1.165) is 26.6 Å². The topological polar surface area (TPSA) is 30.0 Å². The first kappa shape index (κ1) is 13.3. The third-order valence-electron chi connectivity index (χ3n) is 3.05. The quantitative estimate of drug-likeness (QED) is 0.608. The molecule has 2 aromatic carbocycles. The van der Waals surface area contributed by atoms with E-state index in [-0.39, 0.29) is 0 Å². The first-order chi connectivity index (χ1) is 9.65. The molecule has 2 nitrogen and oxygen atoms in total. The molecule has 0 fully saturated rings. The minimum absolute atomic E-state index is 0.475. The molecule has 4 heteroatoms. The third kappa shape index (κ3) is 2.47. The van der Waals surface area contributed by atoms with Gasteiger partial charge in [0.15, 0.2) is 0 Å². The molecular weight excluding hydrogens is 338 g/mol. The molecule has 3 aromatic rings. The first-order valence-electron chi connectivity index (χ1n) is 6.01. The van der Waals surface area contributed by atoms with E-state index < -0.39 is 5.24 Å². The molecule has 0 atom stereocenters. The SMILES string of the molecule is O=C(Cl)c1cc(-c2ccccc2)nc2cc(Br)ccc12. The highest BCUT2D eigenvalue weighted by atomic mass is 79.9. The zero-order chi connectivity index (χ0) is 14.1. The summed E-state index contributed by atoms with van der Waals surface area (Å²) >= 11 is 9.12. The Bertz CT molecular complexity index is 802. The molecule has 1 heterocycles. The fourth-order valence-corrected chi connectivity index (χ4v) is 2.63. The Balaban J connectivity index is 2.32. The standard InChI is InChI=1S/C16H9BrClNO/c17-11-6-7-12-13(16(18)20)9-14(19-15(12)8-11)10-4-2-1-3-5-10/h1-9H. The zero-order valence-electron chi connectivity index (χ0n) is 10.3. The van der Waals surface area contributed by atoms with Crippen LogP contribution in [-0.4, -0.2) is 10.2 Å². The van der Waals surface area contributed by atoms with Crippen LogP contribution in [0.25, 0.3) is 22.2 Å². The van der Waals surface area contributed by atoms with Crippen molar-refractivity contribution in [1.82, 2.24) is 4.98 Å². The zero-order valence-corrected chi connectivity index (χ0v) is 12.6. The van der Waals surface area contributed by atoms with E-state index in [1.54, 1.807) is 6.07 Å². The van der Waals surface area contributed by atoms with Crippen molar-refractivity contribution in [3.63, 3.8) is 0 Å². The summed E-state index contributed by atoms with van der Waals surface area (Å²) in [6, 6.07) is 17.0. The maximum absolute atomic E-state index is 11.7. The van der Waals surface area contributed by atoms with Crippen LogP contribution in [0.15, 0.2) is 59.1 Å². The largest absolute Gasteiger partial charge is 0.276 e. The Hall–Kier alpha value is -1.71. The van der Waals surface area contributed by atoms with Gasteiger partial charge in [-0.25, -0.2) is 4.98 Å². The van der Waals surface area contributed by atoms with Crippen molar-refractivity contribution in [2.45, 2.75) is 0 Å². The van der Waals surface area contributed by atoms with Crippen molar-refractivity contribution in [3.8, 4) is 11.3 Å². The highest BCUT2D eigenvalue weighted by Crippen LogP contribution is 2.27. The lowest BCUT2D eigenvalue weighted by Gasteiger charge is -2.07. The smallest absolute Gasteiger partial charge is 0.253 e. The van der Waals surface area contributed by atoms with Crippen molar-refractivity contribution in [1.29, 1.82) is 0 Å². The first-order valence-corrected chi connectivity index (χ1v) is 7.18. The fraction of sp³-hybridized carbons (Fsp3) is 0. The van der Waals surface area contributed by atoms with E-state index in [4.69, 9.17) is 11.6 Å². The third-order valence-corrected chi connectivity index (χ3v) is 3.75. The Morgan fingerprint density at radius 1 is 1.05 bits per heavy atom. The Labute approximate surface area is 129 Å². The molecule has 1 aromatic heterocycles. The van der Waals surface area contributed by atoms with Gasteiger partial charge in [-0.15, -0.1) is 0 Å². The molecule has 0 aliphatic heterocycles. The Morgan fingerprint density at radius 3 is 2.50 bits per heavy atom. The number of carbonyl (C=O) groups excluding carboxylic acids is 1. The van der Waals surface area contributed by atoms with E-state index in [2.05, 4.69) is 20.9 Å². The van der Waals surface area contributed by atoms with Gasteiger partial charge in [-0.3, -0.25) is 4.79 Å². The average molecular weight is 347 g/mol. The van der Waals surface area contributed by atoms with Gasteiger partial charge in [0, 0.05) is 21.0 Å². The molecule has 0 unspecified atom stereocenters. The van der Waals surface area contributed by atoms with Crippen molar-refractivity contribution in [2.24, 2.45) is 0 Å². The Morgan fingerprint density at radius 2 is 1.80 bits per heavy atom. The van der Waals surface area contributed by atoms with Crippen molar-refractivity contribution < 1.29 is 4.79 Å².